The van der Waals surface area contributed by atoms with Gasteiger partial charge in [0.15, 0.2) is 0 Å². The first-order valence-corrected chi connectivity index (χ1v) is 8.40. The molecule has 0 spiro atoms. The molecule has 2 rings (SSSR count). The molecule has 0 aliphatic heterocycles. The Labute approximate surface area is 153 Å². The number of rotatable bonds is 7. The number of benzene rings is 1. The maximum atomic E-state index is 6.38. The lowest BCUT2D eigenvalue weighted by Gasteiger charge is -2.13. The summed E-state index contributed by atoms with van der Waals surface area (Å²) in [5, 5.41) is 1.17. The largest absolute Gasteiger partial charge is 0.495 e. The summed E-state index contributed by atoms with van der Waals surface area (Å²) in [6.07, 6.45) is 1.59. The highest BCUT2D eigenvalue weighted by Gasteiger charge is 2.18. The van der Waals surface area contributed by atoms with Crippen LogP contribution in [0, 0.1) is 11.8 Å². The molecule has 0 N–H and O–H groups in total. The van der Waals surface area contributed by atoms with Crippen LogP contribution in [-0.2, 0) is 4.74 Å². The molecule has 1 heterocycles. The summed E-state index contributed by atoms with van der Waals surface area (Å²) >= 11 is 6.38. The zero-order valence-corrected chi connectivity index (χ0v) is 15.7. The minimum Gasteiger partial charge on any atom is -0.495 e. The lowest BCUT2D eigenvalue weighted by Crippen LogP contribution is -1.99. The molecule has 0 amide bonds. The average molecular weight is 364 g/mol. The van der Waals surface area contributed by atoms with Gasteiger partial charge in [-0.25, -0.2) is 4.98 Å². The second-order valence-electron chi connectivity index (χ2n) is 5.11. The van der Waals surface area contributed by atoms with Gasteiger partial charge < -0.3 is 18.9 Å². The monoisotopic (exact) mass is 363 g/mol. The average Bonchev–Trinajstić information content (AvgIpc) is 2.64. The standard InChI is InChI=1S/C19H22ClNO4/c1-5-25-12-8-6-7-9-14-18(23-3)13-10-11-15(22-2)16(20)17(13)21-19(14)24-4/h10-11H,5-6,8,12H2,1-4H3. The van der Waals surface area contributed by atoms with Crippen molar-refractivity contribution in [2.24, 2.45) is 0 Å². The first-order valence-electron chi connectivity index (χ1n) is 8.02. The van der Waals surface area contributed by atoms with Crippen molar-refractivity contribution in [1.82, 2.24) is 4.98 Å². The van der Waals surface area contributed by atoms with Gasteiger partial charge in [0.2, 0.25) is 5.88 Å². The van der Waals surface area contributed by atoms with Crippen molar-refractivity contribution in [3.8, 4) is 29.2 Å². The Morgan fingerprint density at radius 1 is 1.12 bits per heavy atom. The number of hydrogen-bond donors (Lipinski definition) is 0. The fourth-order valence-corrected chi connectivity index (χ4v) is 2.70. The lowest BCUT2D eigenvalue weighted by atomic mass is 10.1. The van der Waals surface area contributed by atoms with Crippen molar-refractivity contribution in [2.45, 2.75) is 19.8 Å². The van der Waals surface area contributed by atoms with Gasteiger partial charge in [0.05, 0.1) is 21.3 Å². The van der Waals surface area contributed by atoms with Crippen LogP contribution in [0.1, 0.15) is 25.3 Å². The van der Waals surface area contributed by atoms with Crippen LogP contribution in [0.5, 0.6) is 17.4 Å². The molecule has 1 aromatic carbocycles. The van der Waals surface area contributed by atoms with E-state index in [0.717, 1.165) is 11.8 Å². The highest BCUT2D eigenvalue weighted by atomic mass is 35.5. The lowest BCUT2D eigenvalue weighted by molar-refractivity contribution is 0.146. The minimum atomic E-state index is 0.372. The van der Waals surface area contributed by atoms with E-state index in [-0.39, 0.29) is 0 Å². The van der Waals surface area contributed by atoms with Crippen LogP contribution < -0.4 is 14.2 Å². The molecule has 0 aliphatic rings. The van der Waals surface area contributed by atoms with Crippen LogP contribution in [0.15, 0.2) is 12.1 Å². The third-order valence-electron chi connectivity index (χ3n) is 3.60. The molecule has 0 radical (unpaired) electrons. The van der Waals surface area contributed by atoms with Gasteiger partial charge in [-0.15, -0.1) is 0 Å². The fourth-order valence-electron chi connectivity index (χ4n) is 2.41. The number of halogens is 1. The number of nitrogens with zero attached hydrogens (tertiary/aromatic N) is 1. The molecule has 25 heavy (non-hydrogen) atoms. The summed E-state index contributed by atoms with van der Waals surface area (Å²) in [4.78, 5) is 4.50. The Bertz CT molecular complexity index is 796. The number of hydrogen-bond acceptors (Lipinski definition) is 5. The van der Waals surface area contributed by atoms with E-state index in [4.69, 9.17) is 30.5 Å². The van der Waals surface area contributed by atoms with Crippen molar-refractivity contribution in [1.29, 1.82) is 0 Å². The number of fused-ring (bicyclic) bond motifs is 1. The Morgan fingerprint density at radius 3 is 2.56 bits per heavy atom. The van der Waals surface area contributed by atoms with E-state index in [1.807, 2.05) is 13.0 Å². The van der Waals surface area contributed by atoms with Crippen molar-refractivity contribution in [2.75, 3.05) is 34.5 Å². The number of methoxy groups -OCH3 is 3. The molecule has 5 nitrogen and oxygen atoms in total. The van der Waals surface area contributed by atoms with E-state index in [0.29, 0.717) is 53.1 Å². The summed E-state index contributed by atoms with van der Waals surface area (Å²) in [5.74, 6) is 7.73. The summed E-state index contributed by atoms with van der Waals surface area (Å²) in [6.45, 7) is 3.39. The summed E-state index contributed by atoms with van der Waals surface area (Å²) in [6, 6.07) is 3.63. The van der Waals surface area contributed by atoms with E-state index >= 15 is 0 Å². The molecule has 134 valence electrons. The van der Waals surface area contributed by atoms with Gasteiger partial charge >= 0.3 is 0 Å². The molecule has 0 saturated heterocycles. The predicted octanol–water partition coefficient (Wildman–Crippen LogP) is 4.08. The predicted molar refractivity (Wildman–Crippen MR) is 99.0 cm³/mol. The Balaban J connectivity index is 2.47. The normalized spacial score (nSPS) is 10.3. The molecule has 1 aromatic heterocycles. The first kappa shape index (κ1) is 19.2. The maximum absolute atomic E-state index is 6.38. The van der Waals surface area contributed by atoms with Gasteiger partial charge in [0, 0.05) is 25.0 Å². The smallest absolute Gasteiger partial charge is 0.233 e. The zero-order valence-electron chi connectivity index (χ0n) is 14.9. The van der Waals surface area contributed by atoms with Crippen LogP contribution in [0.4, 0.5) is 0 Å². The topological polar surface area (TPSA) is 49.8 Å². The van der Waals surface area contributed by atoms with Crippen LogP contribution in [0.3, 0.4) is 0 Å². The third kappa shape index (κ3) is 4.28. The van der Waals surface area contributed by atoms with Gasteiger partial charge in [0.1, 0.15) is 27.6 Å². The second-order valence-corrected chi connectivity index (χ2v) is 5.49. The second kappa shape index (κ2) is 9.36. The van der Waals surface area contributed by atoms with E-state index in [9.17, 15) is 0 Å². The van der Waals surface area contributed by atoms with Crippen molar-refractivity contribution in [3.05, 3.63) is 22.7 Å². The van der Waals surface area contributed by atoms with E-state index in [2.05, 4.69) is 16.8 Å². The summed E-state index contributed by atoms with van der Waals surface area (Å²) in [5.41, 5.74) is 1.16. The minimum absolute atomic E-state index is 0.372. The zero-order chi connectivity index (χ0) is 18.2. The molecule has 0 unspecified atom stereocenters. The third-order valence-corrected chi connectivity index (χ3v) is 3.97. The summed E-state index contributed by atoms with van der Waals surface area (Å²) < 4.78 is 21.5. The van der Waals surface area contributed by atoms with Crippen molar-refractivity contribution >= 4 is 22.5 Å². The molecule has 0 bridgehead atoms. The van der Waals surface area contributed by atoms with Crippen LogP contribution in [0.2, 0.25) is 5.02 Å². The summed E-state index contributed by atoms with van der Waals surface area (Å²) in [7, 11) is 4.69. The van der Waals surface area contributed by atoms with Gasteiger partial charge in [-0.05, 0) is 25.5 Å². The molecule has 0 aliphatic carbocycles. The van der Waals surface area contributed by atoms with E-state index in [1.165, 1.54) is 0 Å². The number of pyridine rings is 1. The number of aromatic nitrogens is 1. The Hall–Kier alpha value is -2.16. The molecule has 0 atom stereocenters. The molecular weight excluding hydrogens is 342 g/mol. The molecule has 6 heteroatoms. The van der Waals surface area contributed by atoms with Gasteiger partial charge in [-0.2, -0.15) is 0 Å². The number of ether oxygens (including phenoxy) is 4. The Morgan fingerprint density at radius 2 is 1.92 bits per heavy atom. The van der Waals surface area contributed by atoms with Gasteiger partial charge in [-0.1, -0.05) is 23.4 Å². The highest BCUT2D eigenvalue weighted by molar-refractivity contribution is 6.36. The quantitative estimate of drug-likeness (QED) is 0.548. The Kier molecular flexibility index (Phi) is 7.17. The van der Waals surface area contributed by atoms with Crippen LogP contribution >= 0.6 is 11.6 Å². The molecule has 0 saturated carbocycles. The fraction of sp³-hybridized carbons (Fsp3) is 0.421. The van der Waals surface area contributed by atoms with Crippen molar-refractivity contribution in [3.63, 3.8) is 0 Å². The van der Waals surface area contributed by atoms with E-state index in [1.54, 1.807) is 27.4 Å². The van der Waals surface area contributed by atoms with Gasteiger partial charge in [-0.3, -0.25) is 0 Å². The molecule has 0 fully saturated rings. The maximum Gasteiger partial charge on any atom is 0.233 e. The molecule has 2 aromatic rings. The van der Waals surface area contributed by atoms with E-state index < -0.39 is 0 Å². The number of unbranched alkanes of at least 4 members (excludes halogenated alkanes) is 1. The SMILES string of the molecule is CCOCCCC#Cc1c(OC)nc2c(Cl)c(OC)ccc2c1OC. The first-order chi connectivity index (χ1) is 12.2. The van der Waals surface area contributed by atoms with Crippen LogP contribution in [0.25, 0.3) is 10.9 Å². The highest BCUT2D eigenvalue weighted by Crippen LogP contribution is 2.40. The molecular formula is C19H22ClNO4. The van der Waals surface area contributed by atoms with Crippen molar-refractivity contribution < 1.29 is 18.9 Å². The van der Waals surface area contributed by atoms with Gasteiger partial charge in [0.25, 0.3) is 0 Å². The van der Waals surface area contributed by atoms with Crippen LogP contribution in [-0.4, -0.2) is 39.5 Å².